The number of esters is 1. The lowest BCUT2D eigenvalue weighted by Gasteiger charge is -2.31. The molecule has 0 bridgehead atoms. The van der Waals surface area contributed by atoms with Crippen LogP contribution in [0.2, 0.25) is 0 Å². The molecule has 0 amide bonds. The van der Waals surface area contributed by atoms with E-state index in [2.05, 4.69) is 25.3 Å². The third-order valence-corrected chi connectivity index (χ3v) is 4.76. The Kier molecular flexibility index (Phi) is 9.45. The average molecular weight is 332 g/mol. The van der Waals surface area contributed by atoms with Gasteiger partial charge in [0.25, 0.3) is 0 Å². The Morgan fingerprint density at radius 3 is 2.00 bits per heavy atom. The van der Waals surface area contributed by atoms with E-state index < -0.39 is 0 Å². The number of nitrogens with two attached hydrogens (primary N) is 1. The fraction of sp³-hybridized carbons (Fsp3) is 0.941. The second-order valence-corrected chi connectivity index (χ2v) is 7.26. The number of ether oxygens (including phenoxy) is 2. The quantitative estimate of drug-likeness (QED) is 0.470. The molecule has 1 unspecified atom stereocenters. The summed E-state index contributed by atoms with van der Waals surface area (Å²) in [6.45, 7) is 4.22. The zero-order chi connectivity index (χ0) is 16.5. The Morgan fingerprint density at radius 1 is 1.00 bits per heavy atom. The molecule has 22 heavy (non-hydrogen) atoms. The number of thiol groups is 1. The summed E-state index contributed by atoms with van der Waals surface area (Å²) >= 11 is 4.25. The highest BCUT2D eigenvalue weighted by Crippen LogP contribution is 2.31. The van der Waals surface area contributed by atoms with Crippen LogP contribution in [0.4, 0.5) is 0 Å². The van der Waals surface area contributed by atoms with Crippen molar-refractivity contribution in [2.45, 2.75) is 82.9 Å². The van der Waals surface area contributed by atoms with Crippen LogP contribution in [0.3, 0.4) is 0 Å². The van der Waals surface area contributed by atoms with Gasteiger partial charge in [-0.05, 0) is 71.3 Å². The van der Waals surface area contributed by atoms with Gasteiger partial charge < -0.3 is 15.2 Å². The Hall–Kier alpha value is -0.260. The molecule has 0 spiro atoms. The van der Waals surface area contributed by atoms with Gasteiger partial charge in [-0.15, -0.1) is 12.6 Å². The summed E-state index contributed by atoms with van der Waals surface area (Å²) in [6.07, 6.45) is 8.60. The first-order valence-electron chi connectivity index (χ1n) is 8.66. The lowest BCUT2D eigenvalue weighted by molar-refractivity contribution is -0.158. The highest BCUT2D eigenvalue weighted by molar-refractivity contribution is 7.80. The molecule has 0 aromatic rings. The molecule has 0 saturated heterocycles. The minimum absolute atomic E-state index is 0.0206. The van der Waals surface area contributed by atoms with Gasteiger partial charge in [0.05, 0.1) is 17.5 Å². The lowest BCUT2D eigenvalue weighted by atomic mass is 9.86. The van der Waals surface area contributed by atoms with E-state index in [9.17, 15) is 4.79 Å². The number of hydrogen-bond acceptors (Lipinski definition) is 5. The van der Waals surface area contributed by atoms with Crippen molar-refractivity contribution in [1.29, 1.82) is 0 Å². The molecule has 130 valence electrons. The van der Waals surface area contributed by atoms with Crippen LogP contribution >= 0.6 is 12.6 Å². The Bertz CT molecular complexity index is 309. The summed E-state index contributed by atoms with van der Waals surface area (Å²) in [4.78, 5) is 12.2. The minimum Gasteiger partial charge on any atom is -0.462 e. The van der Waals surface area contributed by atoms with E-state index in [4.69, 9.17) is 9.47 Å². The number of rotatable bonds is 4. The Labute approximate surface area is 140 Å². The summed E-state index contributed by atoms with van der Waals surface area (Å²) < 4.78 is 11.4. The third kappa shape index (κ3) is 6.88. The summed E-state index contributed by atoms with van der Waals surface area (Å²) in [7, 11) is 1.50. The van der Waals surface area contributed by atoms with Gasteiger partial charge in [0, 0.05) is 0 Å². The smallest absolute Gasteiger partial charge is 0.309 e. The van der Waals surface area contributed by atoms with Crippen molar-refractivity contribution in [3.8, 4) is 0 Å². The van der Waals surface area contributed by atoms with Crippen LogP contribution < -0.4 is 5.73 Å². The van der Waals surface area contributed by atoms with E-state index in [0.717, 1.165) is 44.4 Å². The van der Waals surface area contributed by atoms with E-state index in [-0.39, 0.29) is 29.5 Å². The second-order valence-electron chi connectivity index (χ2n) is 6.53. The minimum atomic E-state index is -0.0206. The maximum atomic E-state index is 12.2. The molecule has 0 radical (unpaired) electrons. The molecule has 2 fully saturated rings. The summed E-state index contributed by atoms with van der Waals surface area (Å²) in [5.74, 6) is 0.909. The second kappa shape index (κ2) is 10.5. The van der Waals surface area contributed by atoms with Crippen molar-refractivity contribution >= 4 is 18.6 Å². The third-order valence-electron chi connectivity index (χ3n) is 4.64. The largest absolute Gasteiger partial charge is 0.462 e. The van der Waals surface area contributed by atoms with Crippen LogP contribution in [-0.4, -0.2) is 30.7 Å². The molecule has 0 aromatic heterocycles. The van der Waals surface area contributed by atoms with Crippen molar-refractivity contribution in [2.24, 2.45) is 17.6 Å². The van der Waals surface area contributed by atoms with Crippen LogP contribution in [0.1, 0.15) is 65.2 Å². The maximum absolute atomic E-state index is 12.2. The summed E-state index contributed by atoms with van der Waals surface area (Å²) in [6, 6.07) is 0. The first-order chi connectivity index (χ1) is 10.5. The molecule has 0 aromatic carbocycles. The number of carbonyl (C=O) groups is 1. The van der Waals surface area contributed by atoms with Gasteiger partial charge in [-0.25, -0.2) is 0 Å². The van der Waals surface area contributed by atoms with Crippen molar-refractivity contribution in [3.63, 3.8) is 0 Å². The first kappa shape index (κ1) is 19.8. The standard InChI is InChI=1S/C16H28O3S.CH5N/c1-11-3-7-15(8-4-11)19-16(17)13-5-9-14(10-6-13)18-12(2)20;1-2/h11-15,20H,3-10H2,1-2H3;2H2,1H3. The molecule has 0 aliphatic heterocycles. The highest BCUT2D eigenvalue weighted by Gasteiger charge is 2.30. The molecule has 2 saturated carbocycles. The molecule has 2 rings (SSSR count). The highest BCUT2D eigenvalue weighted by atomic mass is 32.1. The van der Waals surface area contributed by atoms with Crippen LogP contribution in [0.5, 0.6) is 0 Å². The van der Waals surface area contributed by atoms with Crippen LogP contribution in [0.15, 0.2) is 0 Å². The molecule has 2 aliphatic rings. The molecule has 4 nitrogen and oxygen atoms in total. The molecular weight excluding hydrogens is 298 g/mol. The Balaban J connectivity index is 0.00000116. The molecular formula is C17H33NO3S. The molecule has 2 aliphatic carbocycles. The van der Waals surface area contributed by atoms with Gasteiger partial charge in [0.2, 0.25) is 0 Å². The zero-order valence-corrected chi connectivity index (χ0v) is 15.2. The van der Waals surface area contributed by atoms with Crippen molar-refractivity contribution in [3.05, 3.63) is 0 Å². The van der Waals surface area contributed by atoms with E-state index >= 15 is 0 Å². The lowest BCUT2D eigenvalue weighted by Crippen LogP contribution is -2.31. The number of hydrogen-bond donors (Lipinski definition) is 2. The van der Waals surface area contributed by atoms with Crippen LogP contribution in [-0.2, 0) is 14.3 Å². The fourth-order valence-corrected chi connectivity index (χ4v) is 3.49. The van der Waals surface area contributed by atoms with Gasteiger partial charge in [0.15, 0.2) is 0 Å². The Morgan fingerprint density at radius 2 is 1.50 bits per heavy atom. The normalized spacial score (nSPS) is 33.3. The van der Waals surface area contributed by atoms with Gasteiger partial charge in [-0.2, -0.15) is 0 Å². The summed E-state index contributed by atoms with van der Waals surface area (Å²) in [5, 5.41) is 0. The predicted octanol–water partition coefficient (Wildman–Crippen LogP) is 3.53. The zero-order valence-electron chi connectivity index (χ0n) is 14.3. The van der Waals surface area contributed by atoms with Crippen molar-refractivity contribution in [1.82, 2.24) is 0 Å². The van der Waals surface area contributed by atoms with Gasteiger partial charge >= 0.3 is 5.97 Å². The monoisotopic (exact) mass is 331 g/mol. The first-order valence-corrected chi connectivity index (χ1v) is 9.18. The fourth-order valence-electron chi connectivity index (χ4n) is 3.32. The SMILES string of the molecule is CC1CCC(OC(=O)C2CCC(OC(C)S)CC2)CC1.CN. The molecule has 1 atom stereocenters. The van der Waals surface area contributed by atoms with Gasteiger partial charge in [0.1, 0.15) is 6.10 Å². The van der Waals surface area contributed by atoms with E-state index in [1.165, 1.54) is 19.9 Å². The topological polar surface area (TPSA) is 61.5 Å². The van der Waals surface area contributed by atoms with Crippen molar-refractivity contribution < 1.29 is 14.3 Å². The summed E-state index contributed by atoms with van der Waals surface area (Å²) in [5.41, 5.74) is 4.48. The maximum Gasteiger partial charge on any atom is 0.309 e. The van der Waals surface area contributed by atoms with Gasteiger partial charge in [-0.1, -0.05) is 6.92 Å². The molecule has 5 heteroatoms. The number of carbonyl (C=O) groups excluding carboxylic acids is 1. The molecule has 0 heterocycles. The van der Waals surface area contributed by atoms with Crippen LogP contribution in [0.25, 0.3) is 0 Å². The average Bonchev–Trinajstić information content (AvgIpc) is 2.51. The van der Waals surface area contributed by atoms with Gasteiger partial charge in [-0.3, -0.25) is 4.79 Å². The van der Waals surface area contributed by atoms with E-state index in [1.54, 1.807) is 0 Å². The van der Waals surface area contributed by atoms with Crippen molar-refractivity contribution in [2.75, 3.05) is 7.05 Å². The molecule has 2 N–H and O–H groups in total. The predicted molar refractivity (Wildman–Crippen MR) is 92.9 cm³/mol. The van der Waals surface area contributed by atoms with Crippen LogP contribution in [0, 0.1) is 11.8 Å². The van der Waals surface area contributed by atoms with E-state index in [1.807, 2.05) is 6.92 Å². The van der Waals surface area contributed by atoms with E-state index in [0.29, 0.717) is 0 Å².